The topological polar surface area (TPSA) is 95.8 Å². The summed E-state index contributed by atoms with van der Waals surface area (Å²) < 4.78 is 3.56. The third-order valence-electron chi connectivity index (χ3n) is 6.10. The van der Waals surface area contributed by atoms with Gasteiger partial charge in [-0.05, 0) is 43.7 Å². The summed E-state index contributed by atoms with van der Waals surface area (Å²) in [5.74, 6) is -0.434. The number of carbonyl (C=O) groups excluding carboxylic acids is 1. The number of carbonyl (C=O) groups is 1. The summed E-state index contributed by atoms with van der Waals surface area (Å²) in [6.45, 7) is 3.86. The summed E-state index contributed by atoms with van der Waals surface area (Å²) in [6, 6.07) is 9.93. The highest BCUT2D eigenvalue weighted by atomic mass is 16.2. The average Bonchev–Trinajstić information content (AvgIpc) is 3.53. The van der Waals surface area contributed by atoms with Crippen molar-refractivity contribution >= 4 is 27.7 Å². The van der Waals surface area contributed by atoms with Crippen LogP contribution in [0.5, 0.6) is 0 Å². The lowest BCUT2D eigenvalue weighted by Crippen LogP contribution is -2.37. The van der Waals surface area contributed by atoms with Crippen LogP contribution in [0, 0.1) is 0 Å². The zero-order chi connectivity index (χ0) is 21.0. The molecule has 3 aromatic heterocycles. The summed E-state index contributed by atoms with van der Waals surface area (Å²) in [5, 5.41) is 1.85. The van der Waals surface area contributed by atoms with Crippen LogP contribution in [0.4, 0.5) is 0 Å². The van der Waals surface area contributed by atoms with Crippen LogP contribution >= 0.6 is 0 Å². The van der Waals surface area contributed by atoms with Gasteiger partial charge in [0, 0.05) is 23.8 Å². The maximum atomic E-state index is 13.3. The summed E-state index contributed by atoms with van der Waals surface area (Å²) in [6.07, 6.45) is 7.23. The number of pyridine rings is 2. The Bertz CT molecular complexity index is 1360. The maximum Gasteiger partial charge on any atom is 0.329 e. The molecule has 0 unspecified atom stereocenters. The predicted octanol–water partition coefficient (Wildman–Crippen LogP) is 2.89. The molecule has 2 N–H and O–H groups in total. The standard InChI is InChI=1S/C23H23N5O2/c1-23(2,21(24)29)20-16-6-4-3-5-14(16)11-26-17(20)13-27-19-12-25-10-9-18(19)28(22(27)30)15-7-8-15/h3-6,9-12,15H,7-8,13H2,1-2H3,(H2,24,29). The van der Waals surface area contributed by atoms with Gasteiger partial charge in [0.05, 0.1) is 34.9 Å². The van der Waals surface area contributed by atoms with E-state index in [0.717, 1.165) is 40.2 Å². The van der Waals surface area contributed by atoms with Gasteiger partial charge in [0.2, 0.25) is 5.91 Å². The third kappa shape index (κ3) is 2.73. The van der Waals surface area contributed by atoms with E-state index in [1.165, 1.54) is 0 Å². The first-order chi connectivity index (χ1) is 14.4. The lowest BCUT2D eigenvalue weighted by Gasteiger charge is -2.25. The molecule has 0 spiro atoms. The van der Waals surface area contributed by atoms with Crippen molar-refractivity contribution in [2.24, 2.45) is 5.73 Å². The normalized spacial score (nSPS) is 14.5. The van der Waals surface area contributed by atoms with E-state index >= 15 is 0 Å². The number of aromatic nitrogens is 4. The van der Waals surface area contributed by atoms with Crippen molar-refractivity contribution in [1.82, 2.24) is 19.1 Å². The quantitative estimate of drug-likeness (QED) is 0.556. The first-order valence-corrected chi connectivity index (χ1v) is 10.1. The van der Waals surface area contributed by atoms with Crippen LogP contribution in [-0.2, 0) is 16.8 Å². The van der Waals surface area contributed by atoms with E-state index in [9.17, 15) is 9.59 Å². The highest BCUT2D eigenvalue weighted by Crippen LogP contribution is 2.37. The molecule has 0 saturated heterocycles. The van der Waals surface area contributed by atoms with Crippen LogP contribution in [0.25, 0.3) is 21.8 Å². The van der Waals surface area contributed by atoms with Gasteiger partial charge in [-0.1, -0.05) is 24.3 Å². The molecule has 0 bridgehead atoms. The molecule has 30 heavy (non-hydrogen) atoms. The monoisotopic (exact) mass is 401 g/mol. The molecule has 1 amide bonds. The van der Waals surface area contributed by atoms with Gasteiger partial charge < -0.3 is 5.73 Å². The first-order valence-electron chi connectivity index (χ1n) is 10.1. The SMILES string of the molecule is CC(C)(C(N)=O)c1c(Cn2c(=O)n(C3CC3)c3ccncc32)ncc2ccccc12. The molecular formula is C23H23N5O2. The van der Waals surface area contributed by atoms with Crippen molar-refractivity contribution in [2.45, 2.75) is 44.7 Å². The Kier molecular flexibility index (Phi) is 4.03. The van der Waals surface area contributed by atoms with E-state index in [0.29, 0.717) is 5.69 Å². The minimum absolute atomic E-state index is 0.0710. The maximum absolute atomic E-state index is 13.3. The summed E-state index contributed by atoms with van der Waals surface area (Å²) in [5.41, 5.74) is 7.84. The number of fused-ring (bicyclic) bond motifs is 2. The van der Waals surface area contributed by atoms with E-state index in [1.54, 1.807) is 37.0 Å². The zero-order valence-electron chi connectivity index (χ0n) is 17.0. The largest absolute Gasteiger partial charge is 0.369 e. The van der Waals surface area contributed by atoms with Crippen LogP contribution in [0.3, 0.4) is 0 Å². The van der Waals surface area contributed by atoms with Crippen LogP contribution in [-0.4, -0.2) is 25.0 Å². The van der Waals surface area contributed by atoms with E-state index in [1.807, 2.05) is 34.9 Å². The summed E-state index contributed by atoms with van der Waals surface area (Å²) in [7, 11) is 0. The number of nitrogens with two attached hydrogens (primary N) is 1. The Morgan fingerprint density at radius 1 is 1.17 bits per heavy atom. The number of benzene rings is 1. The predicted molar refractivity (Wildman–Crippen MR) is 115 cm³/mol. The third-order valence-corrected chi connectivity index (χ3v) is 6.10. The number of nitrogens with zero attached hydrogens (tertiary/aromatic N) is 4. The number of hydrogen-bond donors (Lipinski definition) is 1. The van der Waals surface area contributed by atoms with Crippen LogP contribution in [0.15, 0.2) is 53.7 Å². The molecule has 1 saturated carbocycles. The van der Waals surface area contributed by atoms with Crippen molar-refractivity contribution in [2.75, 3.05) is 0 Å². The molecule has 152 valence electrons. The van der Waals surface area contributed by atoms with Crippen molar-refractivity contribution in [1.29, 1.82) is 0 Å². The van der Waals surface area contributed by atoms with Gasteiger partial charge in [-0.25, -0.2) is 4.79 Å². The first kappa shape index (κ1) is 18.5. The van der Waals surface area contributed by atoms with E-state index in [4.69, 9.17) is 5.73 Å². The zero-order valence-corrected chi connectivity index (χ0v) is 17.0. The molecular weight excluding hydrogens is 378 g/mol. The number of imidazole rings is 1. The lowest BCUT2D eigenvalue weighted by atomic mass is 9.80. The van der Waals surface area contributed by atoms with Crippen molar-refractivity contribution in [3.05, 3.63) is 70.7 Å². The molecule has 1 aliphatic rings. The smallest absolute Gasteiger partial charge is 0.329 e. The molecule has 0 atom stereocenters. The fourth-order valence-electron chi connectivity index (χ4n) is 4.26. The molecule has 0 aliphatic heterocycles. The van der Waals surface area contributed by atoms with Crippen molar-refractivity contribution in [3.63, 3.8) is 0 Å². The van der Waals surface area contributed by atoms with Crippen molar-refractivity contribution < 1.29 is 4.79 Å². The van der Waals surface area contributed by atoms with E-state index < -0.39 is 11.3 Å². The number of primary amides is 1. The Balaban J connectivity index is 1.76. The molecule has 5 rings (SSSR count). The Morgan fingerprint density at radius 3 is 2.67 bits per heavy atom. The Labute approximate surface area is 173 Å². The highest BCUT2D eigenvalue weighted by molar-refractivity contribution is 5.95. The average molecular weight is 401 g/mol. The molecule has 1 fully saturated rings. The number of hydrogen-bond acceptors (Lipinski definition) is 4. The molecule has 7 nitrogen and oxygen atoms in total. The highest BCUT2D eigenvalue weighted by Gasteiger charge is 2.34. The number of amides is 1. The molecule has 1 aliphatic carbocycles. The Hall–Kier alpha value is -3.48. The Morgan fingerprint density at radius 2 is 1.93 bits per heavy atom. The lowest BCUT2D eigenvalue weighted by molar-refractivity contribution is -0.122. The minimum atomic E-state index is -0.945. The molecule has 1 aromatic carbocycles. The molecule has 4 aromatic rings. The van der Waals surface area contributed by atoms with Gasteiger partial charge in [-0.15, -0.1) is 0 Å². The van der Waals surface area contributed by atoms with Crippen LogP contribution in [0.1, 0.15) is 44.0 Å². The minimum Gasteiger partial charge on any atom is -0.369 e. The van der Waals surface area contributed by atoms with Gasteiger partial charge in [-0.3, -0.25) is 23.9 Å². The van der Waals surface area contributed by atoms with E-state index in [2.05, 4.69) is 9.97 Å². The second-order valence-corrected chi connectivity index (χ2v) is 8.49. The second kappa shape index (κ2) is 6.52. The molecule has 0 radical (unpaired) electrons. The van der Waals surface area contributed by atoms with E-state index in [-0.39, 0.29) is 18.3 Å². The fourth-order valence-corrected chi connectivity index (χ4v) is 4.26. The van der Waals surface area contributed by atoms with Gasteiger partial charge in [-0.2, -0.15) is 0 Å². The van der Waals surface area contributed by atoms with Crippen LogP contribution in [0.2, 0.25) is 0 Å². The van der Waals surface area contributed by atoms with Gasteiger partial charge in [0.15, 0.2) is 0 Å². The molecule has 3 heterocycles. The fraction of sp³-hybridized carbons (Fsp3) is 0.304. The summed E-state index contributed by atoms with van der Waals surface area (Å²) in [4.78, 5) is 34.6. The van der Waals surface area contributed by atoms with Crippen molar-refractivity contribution in [3.8, 4) is 0 Å². The van der Waals surface area contributed by atoms with Gasteiger partial charge >= 0.3 is 5.69 Å². The summed E-state index contributed by atoms with van der Waals surface area (Å²) >= 11 is 0. The van der Waals surface area contributed by atoms with Gasteiger partial charge in [0.25, 0.3) is 0 Å². The second-order valence-electron chi connectivity index (χ2n) is 8.49. The van der Waals surface area contributed by atoms with Crippen LogP contribution < -0.4 is 11.4 Å². The van der Waals surface area contributed by atoms with Gasteiger partial charge in [0.1, 0.15) is 0 Å². The number of rotatable bonds is 5. The molecule has 7 heteroatoms.